The van der Waals surface area contributed by atoms with Crippen LogP contribution in [0.25, 0.3) is 0 Å². The van der Waals surface area contributed by atoms with E-state index in [0.717, 1.165) is 4.90 Å². The average molecular weight is 353 g/mol. The Morgan fingerprint density at radius 1 is 1.12 bits per heavy atom. The number of hydrogen-bond acceptors (Lipinski definition) is 5. The molecule has 2 aromatic carbocycles. The van der Waals surface area contributed by atoms with Crippen molar-refractivity contribution in [2.75, 3.05) is 5.32 Å². The second-order valence-electron chi connectivity index (χ2n) is 5.97. The zero-order chi connectivity index (χ0) is 19.0. The maximum absolute atomic E-state index is 12.5. The van der Waals surface area contributed by atoms with Gasteiger partial charge in [-0.05, 0) is 37.6 Å². The van der Waals surface area contributed by atoms with Crippen LogP contribution in [-0.4, -0.2) is 33.6 Å². The van der Waals surface area contributed by atoms with Crippen LogP contribution in [0.4, 0.5) is 11.4 Å². The standard InChI is InChI=1S/C18H15N3O5/c1-10-7-8-14(15(9-10)21(25)26)19-16(22)11(2)20-17(23)12-5-3-4-6-13(12)18(20)24/h3-9,11H,1-2H3,(H,19,22). The first-order valence-corrected chi connectivity index (χ1v) is 7.84. The summed E-state index contributed by atoms with van der Waals surface area (Å²) in [5, 5.41) is 13.6. The summed E-state index contributed by atoms with van der Waals surface area (Å²) in [6.45, 7) is 3.09. The molecule has 2 aromatic rings. The zero-order valence-electron chi connectivity index (χ0n) is 14.1. The predicted octanol–water partition coefficient (Wildman–Crippen LogP) is 2.53. The molecule has 1 unspecified atom stereocenters. The number of fused-ring (bicyclic) bond motifs is 1. The number of hydrogen-bond donors (Lipinski definition) is 1. The molecule has 0 saturated carbocycles. The third-order valence-electron chi connectivity index (χ3n) is 4.20. The van der Waals surface area contributed by atoms with E-state index in [9.17, 15) is 24.5 Å². The van der Waals surface area contributed by atoms with Crippen LogP contribution in [0.5, 0.6) is 0 Å². The largest absolute Gasteiger partial charge is 0.319 e. The second-order valence-corrected chi connectivity index (χ2v) is 5.97. The number of nitro benzene ring substituents is 1. The zero-order valence-corrected chi connectivity index (χ0v) is 14.1. The normalized spacial score (nSPS) is 14.2. The van der Waals surface area contributed by atoms with Gasteiger partial charge in [-0.3, -0.25) is 29.4 Å². The molecule has 1 aliphatic rings. The Kier molecular flexibility index (Phi) is 4.25. The van der Waals surface area contributed by atoms with Gasteiger partial charge in [-0.25, -0.2) is 0 Å². The minimum atomic E-state index is -1.12. The number of nitro groups is 1. The van der Waals surface area contributed by atoms with E-state index in [1.807, 2.05) is 0 Å². The van der Waals surface area contributed by atoms with E-state index < -0.39 is 28.7 Å². The van der Waals surface area contributed by atoms with E-state index in [0.29, 0.717) is 5.56 Å². The van der Waals surface area contributed by atoms with Gasteiger partial charge in [0.2, 0.25) is 5.91 Å². The van der Waals surface area contributed by atoms with Gasteiger partial charge >= 0.3 is 0 Å². The van der Waals surface area contributed by atoms with Crippen LogP contribution in [0.3, 0.4) is 0 Å². The Balaban J connectivity index is 1.85. The number of benzene rings is 2. The second kappa shape index (κ2) is 6.40. The van der Waals surface area contributed by atoms with Crippen LogP contribution >= 0.6 is 0 Å². The molecule has 0 radical (unpaired) electrons. The van der Waals surface area contributed by atoms with Crippen LogP contribution in [0.15, 0.2) is 42.5 Å². The highest BCUT2D eigenvalue weighted by molar-refractivity contribution is 6.23. The fourth-order valence-corrected chi connectivity index (χ4v) is 2.81. The Morgan fingerprint density at radius 3 is 2.23 bits per heavy atom. The lowest BCUT2D eigenvalue weighted by molar-refractivity contribution is -0.384. The molecule has 3 amide bonds. The summed E-state index contributed by atoms with van der Waals surface area (Å²) in [6, 6.07) is 9.55. The molecule has 8 nitrogen and oxygen atoms in total. The van der Waals surface area contributed by atoms with Crippen molar-refractivity contribution in [1.29, 1.82) is 0 Å². The van der Waals surface area contributed by atoms with Crippen molar-refractivity contribution in [3.05, 3.63) is 69.3 Å². The number of anilines is 1. The van der Waals surface area contributed by atoms with E-state index in [4.69, 9.17) is 0 Å². The van der Waals surface area contributed by atoms with Crippen molar-refractivity contribution in [3.63, 3.8) is 0 Å². The smallest absolute Gasteiger partial charge is 0.293 e. The highest BCUT2D eigenvalue weighted by Crippen LogP contribution is 2.28. The van der Waals surface area contributed by atoms with Gasteiger partial charge in [-0.2, -0.15) is 0 Å². The fraction of sp³-hybridized carbons (Fsp3) is 0.167. The number of nitrogens with zero attached hydrogens (tertiary/aromatic N) is 2. The topological polar surface area (TPSA) is 110 Å². The first-order valence-electron chi connectivity index (χ1n) is 7.84. The van der Waals surface area contributed by atoms with Crippen LogP contribution in [-0.2, 0) is 4.79 Å². The van der Waals surface area contributed by atoms with Crippen LogP contribution in [0.1, 0.15) is 33.2 Å². The molecule has 8 heteroatoms. The van der Waals surface area contributed by atoms with E-state index in [-0.39, 0.29) is 22.5 Å². The molecule has 0 aliphatic carbocycles. The SMILES string of the molecule is Cc1ccc(NC(=O)C(C)N2C(=O)c3ccccc3C2=O)c([N+](=O)[O-])c1. The van der Waals surface area contributed by atoms with E-state index in [1.165, 1.54) is 31.2 Å². The predicted molar refractivity (Wildman–Crippen MR) is 92.9 cm³/mol. The van der Waals surface area contributed by atoms with E-state index in [1.54, 1.807) is 25.1 Å². The Hall–Kier alpha value is -3.55. The van der Waals surface area contributed by atoms with Crippen molar-refractivity contribution >= 4 is 29.1 Å². The molecule has 0 fully saturated rings. The average Bonchev–Trinajstić information content (AvgIpc) is 2.87. The summed E-state index contributed by atoms with van der Waals surface area (Å²) in [7, 11) is 0. The summed E-state index contributed by atoms with van der Waals surface area (Å²) in [4.78, 5) is 48.8. The van der Waals surface area contributed by atoms with Crippen LogP contribution in [0.2, 0.25) is 0 Å². The van der Waals surface area contributed by atoms with Crippen molar-refractivity contribution in [2.45, 2.75) is 19.9 Å². The molecule has 26 heavy (non-hydrogen) atoms. The Morgan fingerprint density at radius 2 is 1.69 bits per heavy atom. The molecule has 0 saturated heterocycles. The summed E-state index contributed by atoms with van der Waals surface area (Å²) >= 11 is 0. The number of imide groups is 1. The van der Waals surface area contributed by atoms with Gasteiger partial charge in [0.25, 0.3) is 17.5 Å². The van der Waals surface area contributed by atoms with Crippen molar-refractivity contribution in [3.8, 4) is 0 Å². The lowest BCUT2D eigenvalue weighted by Gasteiger charge is -2.21. The van der Waals surface area contributed by atoms with E-state index in [2.05, 4.69) is 5.32 Å². The van der Waals surface area contributed by atoms with Crippen molar-refractivity contribution in [2.24, 2.45) is 0 Å². The summed E-state index contributed by atoms with van der Waals surface area (Å²) in [5.74, 6) is -1.82. The minimum Gasteiger partial charge on any atom is -0.319 e. The molecule has 1 heterocycles. The van der Waals surface area contributed by atoms with Gasteiger partial charge < -0.3 is 5.32 Å². The first kappa shape index (κ1) is 17.3. The molecule has 1 atom stereocenters. The van der Waals surface area contributed by atoms with Crippen LogP contribution < -0.4 is 5.32 Å². The number of rotatable bonds is 4. The van der Waals surface area contributed by atoms with Crippen molar-refractivity contribution < 1.29 is 19.3 Å². The molecular formula is C18H15N3O5. The monoisotopic (exact) mass is 353 g/mol. The number of carbonyl (C=O) groups excluding carboxylic acids is 3. The highest BCUT2D eigenvalue weighted by atomic mass is 16.6. The van der Waals surface area contributed by atoms with Gasteiger partial charge in [-0.15, -0.1) is 0 Å². The third kappa shape index (κ3) is 2.81. The maximum atomic E-state index is 12.5. The van der Waals surface area contributed by atoms with Crippen molar-refractivity contribution in [1.82, 2.24) is 4.90 Å². The van der Waals surface area contributed by atoms with Gasteiger partial charge in [-0.1, -0.05) is 18.2 Å². The molecule has 132 valence electrons. The Bertz CT molecular complexity index is 919. The van der Waals surface area contributed by atoms with E-state index >= 15 is 0 Å². The minimum absolute atomic E-state index is 0.00839. The molecule has 0 aromatic heterocycles. The fourth-order valence-electron chi connectivity index (χ4n) is 2.81. The van der Waals surface area contributed by atoms with Gasteiger partial charge in [0.05, 0.1) is 16.1 Å². The maximum Gasteiger partial charge on any atom is 0.293 e. The molecular weight excluding hydrogens is 338 g/mol. The third-order valence-corrected chi connectivity index (χ3v) is 4.20. The van der Waals surface area contributed by atoms with Gasteiger partial charge in [0.1, 0.15) is 11.7 Å². The summed E-state index contributed by atoms with van der Waals surface area (Å²) in [6.07, 6.45) is 0. The molecule has 0 bridgehead atoms. The quantitative estimate of drug-likeness (QED) is 0.516. The number of aryl methyl sites for hydroxylation is 1. The lowest BCUT2D eigenvalue weighted by Crippen LogP contribution is -2.45. The van der Waals surface area contributed by atoms with Gasteiger partial charge in [0, 0.05) is 6.07 Å². The number of amides is 3. The number of carbonyl (C=O) groups is 3. The lowest BCUT2D eigenvalue weighted by atomic mass is 10.1. The Labute approximate surface area is 148 Å². The molecule has 0 spiro atoms. The molecule has 1 N–H and O–H groups in total. The first-order chi connectivity index (χ1) is 12.3. The highest BCUT2D eigenvalue weighted by Gasteiger charge is 2.40. The summed E-state index contributed by atoms with van der Waals surface area (Å²) in [5.41, 5.74) is 0.891. The molecule has 3 rings (SSSR count). The summed E-state index contributed by atoms with van der Waals surface area (Å²) < 4.78 is 0. The van der Waals surface area contributed by atoms with Gasteiger partial charge in [0.15, 0.2) is 0 Å². The molecule has 1 aliphatic heterocycles. The number of nitrogens with one attached hydrogen (secondary N) is 1. The van der Waals surface area contributed by atoms with Crippen LogP contribution in [0, 0.1) is 17.0 Å².